The molecule has 1 fully saturated rings. The number of guanidine groups is 1. The summed E-state index contributed by atoms with van der Waals surface area (Å²) < 4.78 is 1.87. The van der Waals surface area contributed by atoms with Crippen LogP contribution >= 0.6 is 24.0 Å². The van der Waals surface area contributed by atoms with Gasteiger partial charge in [-0.25, -0.2) is 4.99 Å². The Labute approximate surface area is 175 Å². The summed E-state index contributed by atoms with van der Waals surface area (Å²) in [6, 6.07) is 2.01. The zero-order valence-corrected chi connectivity index (χ0v) is 19.1. The lowest BCUT2D eigenvalue weighted by Gasteiger charge is -2.35. The fourth-order valence-electron chi connectivity index (χ4n) is 3.12. The van der Waals surface area contributed by atoms with Crippen molar-refractivity contribution in [3.05, 3.63) is 18.0 Å². The molecule has 0 amide bonds. The average Bonchev–Trinajstić information content (AvgIpc) is 3.03. The predicted molar refractivity (Wildman–Crippen MR) is 119 cm³/mol. The summed E-state index contributed by atoms with van der Waals surface area (Å²) >= 11 is 0. The second-order valence-corrected chi connectivity index (χ2v) is 6.86. The quantitative estimate of drug-likeness (QED) is 0.337. The Hall–Kier alpha value is -0.870. The van der Waals surface area contributed by atoms with Crippen molar-refractivity contribution in [3.63, 3.8) is 0 Å². The van der Waals surface area contributed by atoms with Crippen LogP contribution in [0.4, 0.5) is 0 Å². The highest BCUT2D eigenvalue weighted by Crippen LogP contribution is 2.05. The van der Waals surface area contributed by atoms with Crippen LogP contribution in [0.3, 0.4) is 0 Å². The number of nitrogens with one attached hydrogen (secondary N) is 2. The van der Waals surface area contributed by atoms with E-state index in [2.05, 4.69) is 51.3 Å². The van der Waals surface area contributed by atoms with E-state index in [0.29, 0.717) is 12.5 Å². The molecule has 2 N–H and O–H groups in total. The lowest BCUT2D eigenvalue weighted by molar-refractivity contribution is 0.124. The van der Waals surface area contributed by atoms with E-state index in [-0.39, 0.29) is 24.0 Å². The molecule has 1 aromatic rings. The zero-order chi connectivity index (χ0) is 18.1. The topological polar surface area (TPSA) is 60.7 Å². The number of aliphatic imine (C=N–C) groups is 1. The summed E-state index contributed by atoms with van der Waals surface area (Å²) in [7, 11) is 1.95. The molecule has 0 aromatic carbocycles. The fourth-order valence-corrected chi connectivity index (χ4v) is 3.12. The van der Waals surface area contributed by atoms with E-state index in [1.165, 1.54) is 32.7 Å². The van der Waals surface area contributed by atoms with E-state index in [9.17, 15) is 0 Å². The van der Waals surface area contributed by atoms with Gasteiger partial charge in [0.25, 0.3) is 0 Å². The smallest absolute Gasteiger partial charge is 0.191 e. The predicted octanol–water partition coefficient (Wildman–Crippen LogP) is 1.37. The van der Waals surface area contributed by atoms with Crippen molar-refractivity contribution in [1.82, 2.24) is 30.2 Å². The molecule has 8 heteroatoms. The van der Waals surface area contributed by atoms with Gasteiger partial charge in [-0.05, 0) is 25.5 Å². The van der Waals surface area contributed by atoms with Crippen LogP contribution in [-0.4, -0.2) is 77.9 Å². The SMILES string of the molecule is CCNC(=NCc1ccnn1C)NCC(C)CN1CCN(CC)CC1.I. The van der Waals surface area contributed by atoms with Crippen molar-refractivity contribution in [2.75, 3.05) is 52.4 Å². The number of nitrogens with zero attached hydrogens (tertiary/aromatic N) is 5. The Kier molecular flexibility index (Phi) is 11.1. The summed E-state index contributed by atoms with van der Waals surface area (Å²) in [4.78, 5) is 9.77. The molecule has 0 saturated carbocycles. The Bertz CT molecular complexity index is 523. The highest BCUT2D eigenvalue weighted by atomic mass is 127. The van der Waals surface area contributed by atoms with Gasteiger partial charge >= 0.3 is 0 Å². The van der Waals surface area contributed by atoms with E-state index < -0.39 is 0 Å². The van der Waals surface area contributed by atoms with Crippen LogP contribution in [0, 0.1) is 5.92 Å². The number of hydrogen-bond acceptors (Lipinski definition) is 4. The van der Waals surface area contributed by atoms with Crippen LogP contribution < -0.4 is 10.6 Å². The van der Waals surface area contributed by atoms with Crippen LogP contribution in [0.5, 0.6) is 0 Å². The maximum Gasteiger partial charge on any atom is 0.191 e. The molecule has 0 aliphatic carbocycles. The summed E-state index contributed by atoms with van der Waals surface area (Å²) in [6.07, 6.45) is 1.81. The maximum atomic E-state index is 4.67. The molecule has 1 aliphatic heterocycles. The van der Waals surface area contributed by atoms with Crippen molar-refractivity contribution in [1.29, 1.82) is 0 Å². The zero-order valence-electron chi connectivity index (χ0n) is 16.7. The van der Waals surface area contributed by atoms with Gasteiger partial charge < -0.3 is 20.4 Å². The van der Waals surface area contributed by atoms with Crippen molar-refractivity contribution in [2.24, 2.45) is 18.0 Å². The monoisotopic (exact) mass is 477 g/mol. The second kappa shape index (κ2) is 12.5. The first-order chi connectivity index (χ1) is 12.1. The van der Waals surface area contributed by atoms with Crippen molar-refractivity contribution in [3.8, 4) is 0 Å². The minimum Gasteiger partial charge on any atom is -0.357 e. The number of aromatic nitrogens is 2. The number of rotatable bonds is 8. The third kappa shape index (κ3) is 7.79. The molecule has 1 aromatic heterocycles. The molecular formula is C18H36IN7. The maximum absolute atomic E-state index is 4.67. The summed E-state index contributed by atoms with van der Waals surface area (Å²) in [5.74, 6) is 1.47. The Morgan fingerprint density at radius 1 is 1.19 bits per heavy atom. The van der Waals surface area contributed by atoms with Gasteiger partial charge in [0.15, 0.2) is 5.96 Å². The van der Waals surface area contributed by atoms with E-state index in [0.717, 1.165) is 31.3 Å². The fraction of sp³-hybridized carbons (Fsp3) is 0.778. The van der Waals surface area contributed by atoms with E-state index in [4.69, 9.17) is 0 Å². The Morgan fingerprint density at radius 2 is 1.88 bits per heavy atom. The first-order valence-electron chi connectivity index (χ1n) is 9.56. The molecule has 0 bridgehead atoms. The second-order valence-electron chi connectivity index (χ2n) is 6.86. The van der Waals surface area contributed by atoms with Crippen LogP contribution in [0.15, 0.2) is 17.3 Å². The van der Waals surface area contributed by atoms with Crippen molar-refractivity contribution < 1.29 is 0 Å². The van der Waals surface area contributed by atoms with Crippen molar-refractivity contribution in [2.45, 2.75) is 27.3 Å². The lowest BCUT2D eigenvalue weighted by atomic mass is 10.1. The molecule has 2 rings (SSSR count). The largest absolute Gasteiger partial charge is 0.357 e. The molecule has 0 radical (unpaired) electrons. The third-order valence-corrected chi connectivity index (χ3v) is 4.77. The number of piperazine rings is 1. The summed E-state index contributed by atoms with van der Waals surface area (Å²) in [5.41, 5.74) is 1.11. The van der Waals surface area contributed by atoms with Crippen LogP contribution in [-0.2, 0) is 13.6 Å². The number of hydrogen-bond donors (Lipinski definition) is 2. The molecule has 7 nitrogen and oxygen atoms in total. The van der Waals surface area contributed by atoms with Crippen LogP contribution in [0.25, 0.3) is 0 Å². The van der Waals surface area contributed by atoms with E-state index in [1.54, 1.807) is 0 Å². The first-order valence-corrected chi connectivity index (χ1v) is 9.56. The van der Waals surface area contributed by atoms with Gasteiger partial charge in [-0.1, -0.05) is 13.8 Å². The standard InChI is InChI=1S/C18H35N7.HI/c1-5-19-18(21-14-17-7-8-22-23(17)4)20-13-16(3)15-25-11-9-24(6-2)10-12-25;/h7-8,16H,5-6,9-15H2,1-4H3,(H2,19,20,21);1H. The highest BCUT2D eigenvalue weighted by Gasteiger charge is 2.17. The highest BCUT2D eigenvalue weighted by molar-refractivity contribution is 14.0. The summed E-state index contributed by atoms with van der Waals surface area (Å²) in [5, 5.41) is 11.0. The van der Waals surface area contributed by atoms with Crippen LogP contribution in [0.1, 0.15) is 26.5 Å². The van der Waals surface area contributed by atoms with Gasteiger partial charge in [-0.3, -0.25) is 4.68 Å². The van der Waals surface area contributed by atoms with E-state index in [1.807, 2.05) is 24.0 Å². The molecule has 0 spiro atoms. The number of aryl methyl sites for hydroxylation is 1. The van der Waals surface area contributed by atoms with Crippen molar-refractivity contribution >= 4 is 29.9 Å². The molecule has 26 heavy (non-hydrogen) atoms. The molecule has 1 unspecified atom stereocenters. The summed E-state index contributed by atoms with van der Waals surface area (Å²) in [6.45, 7) is 16.2. The van der Waals surface area contributed by atoms with Gasteiger partial charge in [0.2, 0.25) is 0 Å². The lowest BCUT2D eigenvalue weighted by Crippen LogP contribution is -2.48. The van der Waals surface area contributed by atoms with Gasteiger partial charge in [-0.15, -0.1) is 24.0 Å². The molecule has 1 aliphatic rings. The Balaban J connectivity index is 0.00000338. The molecule has 2 heterocycles. The van der Waals surface area contributed by atoms with E-state index >= 15 is 0 Å². The minimum atomic E-state index is 0. The molecular weight excluding hydrogens is 441 g/mol. The normalized spacial score (nSPS) is 17.6. The van der Waals surface area contributed by atoms with Gasteiger partial charge in [0.1, 0.15) is 0 Å². The Morgan fingerprint density at radius 3 is 2.46 bits per heavy atom. The first kappa shape index (κ1) is 23.2. The molecule has 1 saturated heterocycles. The molecule has 150 valence electrons. The minimum absolute atomic E-state index is 0. The number of halogens is 1. The van der Waals surface area contributed by atoms with Gasteiger partial charge in [0.05, 0.1) is 12.2 Å². The van der Waals surface area contributed by atoms with Crippen LogP contribution in [0.2, 0.25) is 0 Å². The van der Waals surface area contributed by atoms with Gasteiger partial charge in [-0.2, -0.15) is 5.10 Å². The third-order valence-electron chi connectivity index (χ3n) is 4.77. The average molecular weight is 477 g/mol. The molecule has 1 atom stereocenters. The number of likely N-dealkylation sites (N-methyl/N-ethyl adjacent to an activating group) is 1. The van der Waals surface area contributed by atoms with Gasteiger partial charge in [0, 0.05) is 59.1 Å².